The second-order valence-corrected chi connectivity index (χ2v) is 4.53. The van der Waals surface area contributed by atoms with Crippen molar-refractivity contribution in [3.63, 3.8) is 0 Å². The molecule has 8 heteroatoms. The molecule has 0 bridgehead atoms. The number of hydrogen-bond donors (Lipinski definition) is 1. The van der Waals surface area contributed by atoms with Crippen LogP contribution in [0.2, 0.25) is 0 Å². The zero-order valence-electron chi connectivity index (χ0n) is 11.8. The molecule has 0 saturated heterocycles. The van der Waals surface area contributed by atoms with E-state index in [0.29, 0.717) is 17.1 Å². The van der Waals surface area contributed by atoms with Gasteiger partial charge >= 0.3 is 6.18 Å². The molecule has 118 valence electrons. The number of carbonyl (C=O) groups is 1. The molecule has 0 radical (unpaired) electrons. The number of anilines is 1. The number of nitrogens with zero attached hydrogens (tertiary/aromatic N) is 1. The van der Waals surface area contributed by atoms with Gasteiger partial charge in [-0.25, -0.2) is 0 Å². The molecule has 1 aromatic heterocycles. The van der Waals surface area contributed by atoms with E-state index in [0.717, 1.165) is 12.1 Å². The SMILES string of the molecule is Cc1noc(C)c1NC(=O)COc1ccccc1C(F)(F)F. The molecule has 5 nitrogen and oxygen atoms in total. The van der Waals surface area contributed by atoms with E-state index in [9.17, 15) is 18.0 Å². The van der Waals surface area contributed by atoms with E-state index in [-0.39, 0.29) is 0 Å². The molecular weight excluding hydrogens is 301 g/mol. The van der Waals surface area contributed by atoms with Gasteiger partial charge in [-0.15, -0.1) is 0 Å². The third-order valence-electron chi connectivity index (χ3n) is 2.85. The summed E-state index contributed by atoms with van der Waals surface area (Å²) in [5.41, 5.74) is -0.0700. The molecule has 1 amide bonds. The summed E-state index contributed by atoms with van der Waals surface area (Å²) in [6.45, 7) is 2.68. The van der Waals surface area contributed by atoms with E-state index in [1.807, 2.05) is 0 Å². The fraction of sp³-hybridized carbons (Fsp3) is 0.286. The van der Waals surface area contributed by atoms with Crippen LogP contribution < -0.4 is 10.1 Å². The van der Waals surface area contributed by atoms with E-state index >= 15 is 0 Å². The van der Waals surface area contributed by atoms with E-state index < -0.39 is 30.0 Å². The highest BCUT2D eigenvalue weighted by molar-refractivity contribution is 5.92. The summed E-state index contributed by atoms with van der Waals surface area (Å²) in [7, 11) is 0. The Balaban J connectivity index is 2.03. The molecule has 2 rings (SSSR count). The number of rotatable bonds is 4. The predicted molar refractivity (Wildman–Crippen MR) is 71.5 cm³/mol. The second-order valence-electron chi connectivity index (χ2n) is 4.53. The standard InChI is InChI=1S/C14H13F3N2O3/c1-8-13(9(2)22-19-8)18-12(20)7-21-11-6-4-3-5-10(11)14(15,16)17/h3-6H,7H2,1-2H3,(H,18,20). The first-order chi connectivity index (χ1) is 10.3. The van der Waals surface area contributed by atoms with Crippen molar-refractivity contribution in [2.45, 2.75) is 20.0 Å². The van der Waals surface area contributed by atoms with Crippen LogP contribution in [0.1, 0.15) is 17.0 Å². The van der Waals surface area contributed by atoms with Gasteiger partial charge in [0, 0.05) is 0 Å². The number of halogens is 3. The topological polar surface area (TPSA) is 64.4 Å². The quantitative estimate of drug-likeness (QED) is 0.940. The Bertz CT molecular complexity index is 661. The lowest BCUT2D eigenvalue weighted by molar-refractivity contribution is -0.139. The van der Waals surface area contributed by atoms with Crippen LogP contribution in [-0.2, 0) is 11.0 Å². The smallest absolute Gasteiger partial charge is 0.419 e. The molecular formula is C14H13F3N2O3. The lowest BCUT2D eigenvalue weighted by Gasteiger charge is -2.13. The zero-order chi connectivity index (χ0) is 16.3. The summed E-state index contributed by atoms with van der Waals surface area (Å²) in [6, 6.07) is 4.70. The number of alkyl halides is 3. The normalized spacial score (nSPS) is 11.3. The summed E-state index contributed by atoms with van der Waals surface area (Å²) in [5, 5.41) is 6.14. The molecule has 1 N–H and O–H groups in total. The van der Waals surface area contributed by atoms with Gasteiger partial charge in [-0.2, -0.15) is 13.2 Å². The van der Waals surface area contributed by atoms with Gasteiger partial charge < -0.3 is 14.6 Å². The minimum atomic E-state index is -4.55. The highest BCUT2D eigenvalue weighted by Gasteiger charge is 2.34. The van der Waals surface area contributed by atoms with Crippen LogP contribution in [0, 0.1) is 13.8 Å². The number of aryl methyl sites for hydroxylation is 2. The Morgan fingerprint density at radius 1 is 1.32 bits per heavy atom. The Hall–Kier alpha value is -2.51. The second kappa shape index (κ2) is 6.08. The maximum absolute atomic E-state index is 12.8. The minimum absolute atomic E-state index is 0.387. The lowest BCUT2D eigenvalue weighted by atomic mass is 10.2. The van der Waals surface area contributed by atoms with Gasteiger partial charge in [0.1, 0.15) is 17.1 Å². The maximum Gasteiger partial charge on any atom is 0.419 e. The van der Waals surface area contributed by atoms with E-state index in [4.69, 9.17) is 9.26 Å². The number of hydrogen-bond acceptors (Lipinski definition) is 4. The number of ether oxygens (including phenoxy) is 1. The molecule has 22 heavy (non-hydrogen) atoms. The summed E-state index contributed by atoms with van der Waals surface area (Å²) in [6.07, 6.45) is -4.55. The largest absolute Gasteiger partial charge is 0.483 e. The Kier molecular flexibility index (Phi) is 4.39. The molecule has 0 aliphatic carbocycles. The van der Waals surface area contributed by atoms with Gasteiger partial charge in [0.15, 0.2) is 12.4 Å². The average Bonchev–Trinajstić information content (AvgIpc) is 2.76. The number of carbonyl (C=O) groups excluding carboxylic acids is 1. The number of benzene rings is 1. The van der Waals surface area contributed by atoms with Crippen LogP contribution in [-0.4, -0.2) is 17.7 Å². The van der Waals surface area contributed by atoms with Crippen molar-refractivity contribution in [1.82, 2.24) is 5.16 Å². The first kappa shape index (κ1) is 15.9. The number of para-hydroxylation sites is 1. The molecule has 2 aromatic rings. The molecule has 0 atom stereocenters. The van der Waals surface area contributed by atoms with Crippen LogP contribution in [0.3, 0.4) is 0 Å². The van der Waals surface area contributed by atoms with Gasteiger partial charge in [0.05, 0.1) is 5.56 Å². The first-order valence-corrected chi connectivity index (χ1v) is 6.31. The van der Waals surface area contributed by atoms with E-state index in [1.54, 1.807) is 13.8 Å². The van der Waals surface area contributed by atoms with Crippen LogP contribution in [0.5, 0.6) is 5.75 Å². The van der Waals surface area contributed by atoms with Crippen molar-refractivity contribution < 1.29 is 27.2 Å². The molecule has 0 saturated carbocycles. The fourth-order valence-electron chi connectivity index (χ4n) is 1.81. The number of amides is 1. The first-order valence-electron chi connectivity index (χ1n) is 6.31. The van der Waals surface area contributed by atoms with Crippen molar-refractivity contribution >= 4 is 11.6 Å². The number of nitrogens with one attached hydrogen (secondary N) is 1. The van der Waals surface area contributed by atoms with Crippen molar-refractivity contribution in [2.24, 2.45) is 0 Å². The fourth-order valence-corrected chi connectivity index (χ4v) is 1.81. The van der Waals surface area contributed by atoms with E-state index in [1.165, 1.54) is 12.1 Å². The molecule has 0 spiro atoms. The maximum atomic E-state index is 12.8. The molecule has 1 aromatic carbocycles. The van der Waals surface area contributed by atoms with Crippen LogP contribution in [0.25, 0.3) is 0 Å². The number of aromatic nitrogens is 1. The van der Waals surface area contributed by atoms with Crippen LogP contribution in [0.15, 0.2) is 28.8 Å². The summed E-state index contributed by atoms with van der Waals surface area (Å²) in [5.74, 6) is -0.600. The van der Waals surface area contributed by atoms with Gasteiger partial charge in [-0.3, -0.25) is 4.79 Å². The van der Waals surface area contributed by atoms with Crippen molar-refractivity contribution in [2.75, 3.05) is 11.9 Å². The Morgan fingerprint density at radius 2 is 2.00 bits per heavy atom. The van der Waals surface area contributed by atoms with Gasteiger partial charge in [0.2, 0.25) is 0 Å². The lowest BCUT2D eigenvalue weighted by Crippen LogP contribution is -2.21. The average molecular weight is 314 g/mol. The third-order valence-corrected chi connectivity index (χ3v) is 2.85. The summed E-state index contributed by atoms with van der Waals surface area (Å²) in [4.78, 5) is 11.8. The van der Waals surface area contributed by atoms with Crippen molar-refractivity contribution in [1.29, 1.82) is 0 Å². The third kappa shape index (κ3) is 3.57. The Morgan fingerprint density at radius 3 is 2.59 bits per heavy atom. The van der Waals surface area contributed by atoms with Gasteiger partial charge in [-0.1, -0.05) is 17.3 Å². The molecule has 1 heterocycles. The van der Waals surface area contributed by atoms with E-state index in [2.05, 4.69) is 10.5 Å². The summed E-state index contributed by atoms with van der Waals surface area (Å²) >= 11 is 0. The van der Waals surface area contributed by atoms with Gasteiger partial charge in [0.25, 0.3) is 5.91 Å². The van der Waals surface area contributed by atoms with Crippen LogP contribution >= 0.6 is 0 Å². The van der Waals surface area contributed by atoms with Crippen LogP contribution in [0.4, 0.5) is 18.9 Å². The Labute approximate surface area is 124 Å². The highest BCUT2D eigenvalue weighted by Crippen LogP contribution is 2.35. The summed E-state index contributed by atoms with van der Waals surface area (Å²) < 4.78 is 48.2. The zero-order valence-corrected chi connectivity index (χ0v) is 11.8. The van der Waals surface area contributed by atoms with Gasteiger partial charge in [-0.05, 0) is 26.0 Å². The molecule has 0 unspecified atom stereocenters. The molecule has 0 aliphatic heterocycles. The van der Waals surface area contributed by atoms with Crippen molar-refractivity contribution in [3.8, 4) is 5.75 Å². The van der Waals surface area contributed by atoms with Crippen molar-refractivity contribution in [3.05, 3.63) is 41.3 Å². The molecule has 0 aliphatic rings. The monoisotopic (exact) mass is 314 g/mol. The predicted octanol–water partition coefficient (Wildman–Crippen LogP) is 3.33. The highest BCUT2D eigenvalue weighted by atomic mass is 19.4. The minimum Gasteiger partial charge on any atom is -0.483 e. The molecule has 0 fully saturated rings.